The number of aryl methyl sites for hydroxylation is 2. The van der Waals surface area contributed by atoms with Gasteiger partial charge in [-0.2, -0.15) is 0 Å². The number of rotatable bonds is 5. The first-order valence-electron chi connectivity index (χ1n) is 7.35. The third-order valence-electron chi connectivity index (χ3n) is 3.64. The zero-order valence-electron chi connectivity index (χ0n) is 13.0. The molecule has 1 aromatic carbocycles. The molecule has 0 radical (unpaired) electrons. The van der Waals surface area contributed by atoms with Crippen LogP contribution < -0.4 is 0 Å². The highest BCUT2D eigenvalue weighted by molar-refractivity contribution is 7.98. The van der Waals surface area contributed by atoms with E-state index in [1.54, 1.807) is 23.1 Å². The summed E-state index contributed by atoms with van der Waals surface area (Å²) in [6.07, 6.45) is 0. The van der Waals surface area contributed by atoms with Crippen molar-refractivity contribution in [3.05, 3.63) is 52.4 Å². The monoisotopic (exact) mass is 329 g/mol. The maximum Gasteiger partial charge on any atom is 0.191 e. The molecule has 0 unspecified atom stereocenters. The van der Waals surface area contributed by atoms with Crippen molar-refractivity contribution in [2.75, 3.05) is 0 Å². The van der Waals surface area contributed by atoms with Gasteiger partial charge in [-0.15, -0.1) is 21.5 Å². The smallest absolute Gasteiger partial charge is 0.191 e. The standard InChI is InChI=1S/C17H19N3S2/c1-4-20-16(15-6-5-9-21-15)18-19-17(20)22-11-14-10-12(2)7-8-13(14)3/h5-10H,4,11H2,1-3H3. The van der Waals surface area contributed by atoms with Gasteiger partial charge in [0.15, 0.2) is 11.0 Å². The Morgan fingerprint density at radius 1 is 1.18 bits per heavy atom. The van der Waals surface area contributed by atoms with E-state index in [-0.39, 0.29) is 0 Å². The van der Waals surface area contributed by atoms with Crippen LogP contribution in [-0.4, -0.2) is 14.8 Å². The van der Waals surface area contributed by atoms with Crippen LogP contribution in [0.2, 0.25) is 0 Å². The van der Waals surface area contributed by atoms with Crippen molar-refractivity contribution in [1.82, 2.24) is 14.8 Å². The second kappa shape index (κ2) is 6.67. The highest BCUT2D eigenvalue weighted by Crippen LogP contribution is 2.29. The van der Waals surface area contributed by atoms with Crippen LogP contribution in [0.3, 0.4) is 0 Å². The summed E-state index contributed by atoms with van der Waals surface area (Å²) < 4.78 is 2.20. The number of hydrogen-bond acceptors (Lipinski definition) is 4. The Morgan fingerprint density at radius 3 is 2.77 bits per heavy atom. The van der Waals surface area contributed by atoms with Gasteiger partial charge >= 0.3 is 0 Å². The fourth-order valence-electron chi connectivity index (χ4n) is 2.37. The van der Waals surface area contributed by atoms with Crippen molar-refractivity contribution < 1.29 is 0 Å². The first kappa shape index (κ1) is 15.3. The molecule has 0 aliphatic heterocycles. The summed E-state index contributed by atoms with van der Waals surface area (Å²) in [5.74, 6) is 1.90. The number of thiophene rings is 1. The fourth-order valence-corrected chi connectivity index (χ4v) is 4.15. The predicted octanol–water partition coefficient (Wildman–Crippen LogP) is 4.94. The van der Waals surface area contributed by atoms with Gasteiger partial charge in [0.1, 0.15) is 0 Å². The number of benzene rings is 1. The van der Waals surface area contributed by atoms with Gasteiger partial charge in [0, 0.05) is 12.3 Å². The van der Waals surface area contributed by atoms with Crippen LogP contribution in [0.15, 0.2) is 40.9 Å². The van der Waals surface area contributed by atoms with E-state index in [2.05, 4.69) is 71.2 Å². The van der Waals surface area contributed by atoms with Crippen molar-refractivity contribution in [2.45, 2.75) is 38.2 Å². The van der Waals surface area contributed by atoms with Gasteiger partial charge in [-0.25, -0.2) is 0 Å². The van der Waals surface area contributed by atoms with E-state index in [0.29, 0.717) is 0 Å². The SMILES string of the molecule is CCn1c(SCc2cc(C)ccc2C)nnc1-c1cccs1. The fraction of sp³-hybridized carbons (Fsp3) is 0.294. The van der Waals surface area contributed by atoms with Gasteiger partial charge in [0.2, 0.25) is 0 Å². The van der Waals surface area contributed by atoms with E-state index in [1.807, 2.05) is 0 Å². The second-order valence-electron chi connectivity index (χ2n) is 5.25. The van der Waals surface area contributed by atoms with E-state index in [4.69, 9.17) is 0 Å². The lowest BCUT2D eigenvalue weighted by Gasteiger charge is -2.08. The summed E-state index contributed by atoms with van der Waals surface area (Å²) >= 11 is 3.46. The van der Waals surface area contributed by atoms with Crippen molar-refractivity contribution >= 4 is 23.1 Å². The maximum atomic E-state index is 4.39. The number of nitrogens with zero attached hydrogens (tertiary/aromatic N) is 3. The molecule has 3 nitrogen and oxygen atoms in total. The van der Waals surface area contributed by atoms with Gasteiger partial charge in [-0.3, -0.25) is 0 Å². The molecule has 0 aliphatic carbocycles. The van der Waals surface area contributed by atoms with Crippen LogP contribution in [0.5, 0.6) is 0 Å². The predicted molar refractivity (Wildman–Crippen MR) is 94.5 cm³/mol. The summed E-state index contributed by atoms with van der Waals surface area (Å²) in [7, 11) is 0. The molecular weight excluding hydrogens is 310 g/mol. The van der Waals surface area contributed by atoms with Gasteiger partial charge in [0.05, 0.1) is 4.88 Å². The number of aromatic nitrogens is 3. The lowest BCUT2D eigenvalue weighted by molar-refractivity contribution is 0.688. The Bertz CT molecular complexity index is 760. The molecule has 3 aromatic rings. The molecule has 22 heavy (non-hydrogen) atoms. The second-order valence-corrected chi connectivity index (χ2v) is 7.14. The van der Waals surface area contributed by atoms with E-state index >= 15 is 0 Å². The van der Waals surface area contributed by atoms with Gasteiger partial charge in [-0.05, 0) is 43.3 Å². The van der Waals surface area contributed by atoms with Crippen molar-refractivity contribution in [1.29, 1.82) is 0 Å². The third kappa shape index (κ3) is 3.10. The van der Waals surface area contributed by atoms with Crippen LogP contribution in [-0.2, 0) is 12.3 Å². The number of hydrogen-bond donors (Lipinski definition) is 0. The van der Waals surface area contributed by atoms with Crippen molar-refractivity contribution in [2.24, 2.45) is 0 Å². The molecule has 0 bridgehead atoms. The van der Waals surface area contributed by atoms with E-state index in [0.717, 1.165) is 23.3 Å². The van der Waals surface area contributed by atoms with Crippen LogP contribution in [0.1, 0.15) is 23.6 Å². The molecule has 5 heteroatoms. The topological polar surface area (TPSA) is 30.7 Å². The first-order chi connectivity index (χ1) is 10.7. The molecule has 0 saturated carbocycles. The largest absolute Gasteiger partial charge is 0.302 e. The summed E-state index contributed by atoms with van der Waals surface area (Å²) in [6.45, 7) is 7.33. The highest BCUT2D eigenvalue weighted by atomic mass is 32.2. The Hall–Kier alpha value is -1.59. The van der Waals surface area contributed by atoms with Crippen molar-refractivity contribution in [3.8, 4) is 10.7 Å². The molecule has 3 rings (SSSR count). The van der Waals surface area contributed by atoms with E-state index < -0.39 is 0 Å². The van der Waals surface area contributed by atoms with Crippen LogP contribution in [0.4, 0.5) is 0 Å². The molecular formula is C17H19N3S2. The minimum atomic E-state index is 0.884. The normalized spacial score (nSPS) is 11.0. The molecule has 0 N–H and O–H groups in total. The molecule has 0 atom stereocenters. The summed E-state index contributed by atoms with van der Waals surface area (Å²) in [6, 6.07) is 10.8. The zero-order valence-corrected chi connectivity index (χ0v) is 14.7. The first-order valence-corrected chi connectivity index (χ1v) is 9.21. The van der Waals surface area contributed by atoms with Crippen LogP contribution in [0.25, 0.3) is 10.7 Å². The Balaban J connectivity index is 1.83. The average molecular weight is 329 g/mol. The number of thioether (sulfide) groups is 1. The lowest BCUT2D eigenvalue weighted by Crippen LogP contribution is -1.99. The van der Waals surface area contributed by atoms with Gasteiger partial charge in [0.25, 0.3) is 0 Å². The van der Waals surface area contributed by atoms with Crippen molar-refractivity contribution in [3.63, 3.8) is 0 Å². The molecule has 114 valence electrons. The van der Waals surface area contributed by atoms with E-state index in [9.17, 15) is 0 Å². The lowest BCUT2D eigenvalue weighted by atomic mass is 10.1. The summed E-state index contributed by atoms with van der Waals surface area (Å²) in [5, 5.41) is 11.8. The molecule has 0 fully saturated rings. The molecule has 2 heterocycles. The summed E-state index contributed by atoms with van der Waals surface area (Å²) in [5.41, 5.74) is 4.00. The average Bonchev–Trinajstić information content (AvgIpc) is 3.16. The molecule has 2 aromatic heterocycles. The van der Waals surface area contributed by atoms with Gasteiger partial charge in [-0.1, -0.05) is 41.6 Å². The van der Waals surface area contributed by atoms with Crippen LogP contribution >= 0.6 is 23.1 Å². The maximum absolute atomic E-state index is 4.39. The van der Waals surface area contributed by atoms with Gasteiger partial charge < -0.3 is 4.57 Å². The van der Waals surface area contributed by atoms with E-state index in [1.165, 1.54) is 21.6 Å². The highest BCUT2D eigenvalue weighted by Gasteiger charge is 2.14. The minimum absolute atomic E-state index is 0.884. The Morgan fingerprint density at radius 2 is 2.05 bits per heavy atom. The minimum Gasteiger partial charge on any atom is -0.302 e. The van der Waals surface area contributed by atoms with Crippen LogP contribution in [0, 0.1) is 13.8 Å². The molecule has 0 amide bonds. The quantitative estimate of drug-likeness (QED) is 0.621. The Kier molecular flexibility index (Phi) is 4.64. The molecule has 0 spiro atoms. The third-order valence-corrected chi connectivity index (χ3v) is 5.52. The zero-order chi connectivity index (χ0) is 15.5. The Labute approximate surface area is 139 Å². The molecule has 0 aliphatic rings. The summed E-state index contributed by atoms with van der Waals surface area (Å²) in [4.78, 5) is 1.17. The molecule has 0 saturated heterocycles.